The van der Waals surface area contributed by atoms with Crippen LogP contribution in [0, 0.1) is 11.8 Å². The van der Waals surface area contributed by atoms with Crippen LogP contribution in [0.4, 0.5) is 5.69 Å². The molecule has 3 aromatic carbocycles. The number of nitrogens with one attached hydrogen (secondary N) is 1. The molecule has 7 nitrogen and oxygen atoms in total. The van der Waals surface area contributed by atoms with Gasteiger partial charge >= 0.3 is 5.97 Å². The predicted molar refractivity (Wildman–Crippen MR) is 128 cm³/mol. The second-order valence-corrected chi connectivity index (χ2v) is 9.24. The first-order valence-corrected chi connectivity index (χ1v) is 11.4. The van der Waals surface area contributed by atoms with Crippen LogP contribution >= 0.6 is 23.2 Å². The van der Waals surface area contributed by atoms with Gasteiger partial charge in [0.1, 0.15) is 5.92 Å². The highest BCUT2D eigenvalue weighted by Crippen LogP contribution is 2.54. The summed E-state index contributed by atoms with van der Waals surface area (Å²) in [5.41, 5.74) is -1.46. The summed E-state index contributed by atoms with van der Waals surface area (Å²) in [6.45, 7) is 0. The number of carbonyl (C=O) groups is 4. The Balaban J connectivity index is 1.64. The van der Waals surface area contributed by atoms with E-state index < -0.39 is 47.0 Å². The maximum atomic E-state index is 13.6. The Kier molecular flexibility index (Phi) is 5.71. The van der Waals surface area contributed by atoms with E-state index in [1.807, 2.05) is 0 Å². The molecule has 1 saturated heterocycles. The number of ketones is 2. The van der Waals surface area contributed by atoms with Gasteiger partial charge in [-0.3, -0.25) is 19.2 Å². The molecule has 3 atom stereocenters. The number of Topliss-reactive ketones (excluding diaryl/α,β-unsaturated/α-hetero) is 2. The molecule has 5 rings (SSSR count). The second-order valence-electron chi connectivity index (χ2n) is 8.37. The van der Waals surface area contributed by atoms with Crippen molar-refractivity contribution in [3.8, 4) is 0 Å². The van der Waals surface area contributed by atoms with Crippen LogP contribution in [-0.4, -0.2) is 34.2 Å². The normalized spacial score (nSPS) is 22.3. The zero-order chi connectivity index (χ0) is 24.9. The molecule has 0 saturated carbocycles. The molecule has 0 bridgehead atoms. The molecule has 1 amide bonds. The molecule has 9 heteroatoms. The van der Waals surface area contributed by atoms with E-state index in [1.54, 1.807) is 60.7 Å². The van der Waals surface area contributed by atoms with Crippen LogP contribution in [0.1, 0.15) is 32.4 Å². The molecule has 3 unspecified atom stereocenters. The minimum Gasteiger partial charge on any atom is -0.481 e. The Hall–Kier alpha value is -3.52. The summed E-state index contributed by atoms with van der Waals surface area (Å²) in [4.78, 5) is 53.3. The van der Waals surface area contributed by atoms with Crippen molar-refractivity contribution in [2.75, 3.05) is 5.32 Å². The van der Waals surface area contributed by atoms with Gasteiger partial charge in [-0.2, -0.15) is 0 Å². The zero-order valence-electron chi connectivity index (χ0n) is 17.9. The van der Waals surface area contributed by atoms with E-state index >= 15 is 0 Å². The Morgan fingerprint density at radius 2 is 1.34 bits per heavy atom. The number of carboxylic acid groups (broad SMARTS) is 1. The van der Waals surface area contributed by atoms with E-state index in [4.69, 9.17) is 27.9 Å². The lowest BCUT2D eigenvalue weighted by Gasteiger charge is -2.25. The predicted octanol–water partition coefficient (Wildman–Crippen LogP) is 4.84. The number of carbonyl (C=O) groups excluding carboxylic acids is 3. The molecule has 1 spiro atoms. The van der Waals surface area contributed by atoms with E-state index in [2.05, 4.69) is 5.32 Å². The third-order valence-electron chi connectivity index (χ3n) is 6.41. The fourth-order valence-corrected chi connectivity index (χ4v) is 5.10. The van der Waals surface area contributed by atoms with Gasteiger partial charge in [0.15, 0.2) is 0 Å². The summed E-state index contributed by atoms with van der Waals surface area (Å²) < 4.78 is 6.10. The Morgan fingerprint density at radius 3 is 1.86 bits per heavy atom. The first-order chi connectivity index (χ1) is 16.7. The number of amides is 1. The molecule has 2 N–H and O–H groups in total. The number of hydrogen-bond donors (Lipinski definition) is 2. The topological polar surface area (TPSA) is 110 Å². The molecule has 0 radical (unpaired) electrons. The van der Waals surface area contributed by atoms with Gasteiger partial charge in [0.2, 0.25) is 23.1 Å². The fourth-order valence-electron chi connectivity index (χ4n) is 4.85. The first kappa shape index (κ1) is 23.2. The van der Waals surface area contributed by atoms with Gasteiger partial charge in [0.05, 0.1) is 12.0 Å². The standard InChI is InChI=1S/C26H17Cl2NO6/c27-14-7-5-13(6-8-14)21-19(24(32)29-16-11-9-15(28)10-12-16)20(25(33)34)26(35-21)22(30)17-3-1-2-4-18(17)23(26)31/h1-12,19-21H,(H,29,32)(H,33,34). The van der Waals surface area contributed by atoms with Gasteiger partial charge < -0.3 is 15.2 Å². The molecule has 3 aromatic rings. The zero-order valence-corrected chi connectivity index (χ0v) is 19.4. The number of fused-ring (bicyclic) bond motifs is 1. The van der Waals surface area contributed by atoms with Crippen molar-refractivity contribution in [3.05, 3.63) is 99.5 Å². The van der Waals surface area contributed by atoms with Crippen molar-refractivity contribution in [1.29, 1.82) is 0 Å². The summed E-state index contributed by atoms with van der Waals surface area (Å²) in [5.74, 6) is -6.94. The van der Waals surface area contributed by atoms with Gasteiger partial charge in [-0.25, -0.2) is 0 Å². The third-order valence-corrected chi connectivity index (χ3v) is 6.91. The molecule has 1 aliphatic carbocycles. The van der Waals surface area contributed by atoms with Gasteiger partial charge in [0.25, 0.3) is 0 Å². The van der Waals surface area contributed by atoms with Crippen LogP contribution in [0.3, 0.4) is 0 Å². The van der Waals surface area contributed by atoms with Crippen LogP contribution in [-0.2, 0) is 14.3 Å². The number of rotatable bonds is 4. The van der Waals surface area contributed by atoms with Gasteiger partial charge in [-0.15, -0.1) is 0 Å². The summed E-state index contributed by atoms with van der Waals surface area (Å²) in [7, 11) is 0. The van der Waals surface area contributed by atoms with E-state index in [0.29, 0.717) is 21.3 Å². The summed E-state index contributed by atoms with van der Waals surface area (Å²) in [6, 6.07) is 18.6. The smallest absolute Gasteiger partial charge is 0.311 e. The molecule has 1 fully saturated rings. The lowest BCUT2D eigenvalue weighted by molar-refractivity contribution is -0.147. The SMILES string of the molecule is O=C(Nc1ccc(Cl)cc1)C1C(c2ccc(Cl)cc2)OC2(C(=O)c3ccccc3C2=O)C1C(=O)O. The maximum Gasteiger partial charge on any atom is 0.311 e. The number of anilines is 1. The number of hydrogen-bond acceptors (Lipinski definition) is 5. The largest absolute Gasteiger partial charge is 0.481 e. The van der Waals surface area contributed by atoms with Crippen molar-refractivity contribution in [2.45, 2.75) is 11.7 Å². The number of ether oxygens (including phenoxy) is 1. The quantitative estimate of drug-likeness (QED) is 0.487. The summed E-state index contributed by atoms with van der Waals surface area (Å²) in [6.07, 6.45) is -1.21. The number of halogens is 2. The molecule has 0 aromatic heterocycles. The van der Waals surface area contributed by atoms with Crippen molar-refractivity contribution >= 4 is 52.3 Å². The monoisotopic (exact) mass is 509 g/mol. The van der Waals surface area contributed by atoms with E-state index in [-0.39, 0.29) is 11.1 Å². The Bertz CT molecular complexity index is 1330. The average Bonchev–Trinajstić information content (AvgIpc) is 3.31. The first-order valence-electron chi connectivity index (χ1n) is 10.6. The lowest BCUT2D eigenvalue weighted by Crippen LogP contribution is -2.52. The lowest BCUT2D eigenvalue weighted by atomic mass is 9.75. The molecule has 1 aliphatic heterocycles. The maximum absolute atomic E-state index is 13.6. The molecule has 176 valence electrons. The summed E-state index contributed by atoms with van der Waals surface area (Å²) in [5, 5.41) is 13.8. The third kappa shape index (κ3) is 3.63. The van der Waals surface area contributed by atoms with Crippen molar-refractivity contribution < 1.29 is 29.0 Å². The van der Waals surface area contributed by atoms with E-state index in [1.165, 1.54) is 12.1 Å². The van der Waals surface area contributed by atoms with Crippen molar-refractivity contribution in [1.82, 2.24) is 0 Å². The van der Waals surface area contributed by atoms with Crippen LogP contribution in [0.15, 0.2) is 72.8 Å². The molecule has 2 aliphatic rings. The summed E-state index contributed by atoms with van der Waals surface area (Å²) >= 11 is 11.9. The second kappa shape index (κ2) is 8.61. The highest BCUT2D eigenvalue weighted by atomic mass is 35.5. The molecule has 1 heterocycles. The Labute approximate surface area is 209 Å². The van der Waals surface area contributed by atoms with E-state index in [0.717, 1.165) is 0 Å². The average molecular weight is 510 g/mol. The minimum absolute atomic E-state index is 0.0670. The van der Waals surface area contributed by atoms with Gasteiger partial charge in [-0.05, 0) is 42.0 Å². The van der Waals surface area contributed by atoms with Crippen molar-refractivity contribution in [3.63, 3.8) is 0 Å². The highest BCUT2D eigenvalue weighted by molar-refractivity contribution is 6.34. The molecular weight excluding hydrogens is 493 g/mol. The number of benzene rings is 3. The van der Waals surface area contributed by atoms with Crippen LogP contribution in [0.25, 0.3) is 0 Å². The van der Waals surface area contributed by atoms with E-state index in [9.17, 15) is 24.3 Å². The van der Waals surface area contributed by atoms with Gasteiger partial charge in [-0.1, -0.05) is 59.6 Å². The van der Waals surface area contributed by atoms with Crippen LogP contribution < -0.4 is 5.32 Å². The Morgan fingerprint density at radius 1 is 0.829 bits per heavy atom. The highest BCUT2D eigenvalue weighted by Gasteiger charge is 2.71. The number of carboxylic acids is 1. The minimum atomic E-state index is -2.37. The fraction of sp³-hybridized carbons (Fsp3) is 0.154. The van der Waals surface area contributed by atoms with Crippen LogP contribution in [0.2, 0.25) is 10.0 Å². The van der Waals surface area contributed by atoms with Crippen LogP contribution in [0.5, 0.6) is 0 Å². The number of aliphatic carboxylic acids is 1. The van der Waals surface area contributed by atoms with Gasteiger partial charge in [0, 0.05) is 26.9 Å². The molecule has 35 heavy (non-hydrogen) atoms. The molecular formula is C26H17Cl2NO6. The van der Waals surface area contributed by atoms with Crippen molar-refractivity contribution in [2.24, 2.45) is 11.8 Å².